The van der Waals surface area contributed by atoms with Crippen molar-refractivity contribution < 1.29 is 17.9 Å². The van der Waals surface area contributed by atoms with E-state index in [4.69, 9.17) is 4.42 Å². The second kappa shape index (κ2) is 6.43. The van der Waals surface area contributed by atoms with E-state index in [1.54, 1.807) is 18.4 Å². The molecule has 1 heterocycles. The van der Waals surface area contributed by atoms with Crippen LogP contribution in [0.5, 0.6) is 0 Å². The van der Waals surface area contributed by atoms with Gasteiger partial charge in [-0.3, -0.25) is 4.90 Å². The Hall–Kier alpha value is -1.63. The number of sulfone groups is 1. The third-order valence-electron chi connectivity index (χ3n) is 3.18. The standard InChI is InChI=1S/C15H19NO4S/c1-16(10-13-4-3-9-20-13)11-15(17)12-5-7-14(8-6-12)21(2,18)19/h3-9,15,17H,10-11H2,1-2H3/t15-/m1/s1. The predicted molar refractivity (Wildman–Crippen MR) is 79.6 cm³/mol. The van der Waals surface area contributed by atoms with E-state index in [9.17, 15) is 13.5 Å². The van der Waals surface area contributed by atoms with Crippen LogP contribution in [-0.2, 0) is 16.4 Å². The quantitative estimate of drug-likeness (QED) is 0.882. The van der Waals surface area contributed by atoms with E-state index < -0.39 is 15.9 Å². The summed E-state index contributed by atoms with van der Waals surface area (Å²) in [4.78, 5) is 2.19. The van der Waals surface area contributed by atoms with Gasteiger partial charge in [-0.2, -0.15) is 0 Å². The summed E-state index contributed by atoms with van der Waals surface area (Å²) < 4.78 is 28.0. The van der Waals surface area contributed by atoms with Crippen molar-refractivity contribution in [1.29, 1.82) is 0 Å². The lowest BCUT2D eigenvalue weighted by Gasteiger charge is -2.20. The SMILES string of the molecule is CN(Cc1ccco1)C[C@@H](O)c1ccc(S(C)(=O)=O)cc1. The van der Waals surface area contributed by atoms with Crippen molar-refractivity contribution >= 4 is 9.84 Å². The van der Waals surface area contributed by atoms with E-state index in [2.05, 4.69) is 0 Å². The summed E-state index contributed by atoms with van der Waals surface area (Å²) in [6.07, 6.45) is 2.09. The normalized spacial score (nSPS) is 13.5. The van der Waals surface area contributed by atoms with Crippen molar-refractivity contribution in [2.45, 2.75) is 17.5 Å². The summed E-state index contributed by atoms with van der Waals surface area (Å²) in [5.74, 6) is 0.831. The van der Waals surface area contributed by atoms with E-state index in [1.807, 2.05) is 24.1 Å². The molecule has 1 aromatic heterocycles. The van der Waals surface area contributed by atoms with Gasteiger partial charge in [0.15, 0.2) is 9.84 Å². The highest BCUT2D eigenvalue weighted by atomic mass is 32.2. The van der Waals surface area contributed by atoms with Crippen LogP contribution in [0, 0.1) is 0 Å². The molecule has 0 saturated heterocycles. The van der Waals surface area contributed by atoms with E-state index >= 15 is 0 Å². The van der Waals surface area contributed by atoms with Gasteiger partial charge in [0, 0.05) is 12.8 Å². The third kappa shape index (κ3) is 4.42. The van der Waals surface area contributed by atoms with Gasteiger partial charge < -0.3 is 9.52 Å². The van der Waals surface area contributed by atoms with Gasteiger partial charge in [-0.05, 0) is 36.9 Å². The van der Waals surface area contributed by atoms with E-state index in [0.717, 1.165) is 12.0 Å². The first-order chi connectivity index (χ1) is 9.86. The van der Waals surface area contributed by atoms with Crippen molar-refractivity contribution in [3.05, 3.63) is 54.0 Å². The summed E-state index contributed by atoms with van der Waals surface area (Å²) in [5.41, 5.74) is 0.689. The molecule has 5 nitrogen and oxygen atoms in total. The van der Waals surface area contributed by atoms with Crippen LogP contribution in [-0.4, -0.2) is 38.3 Å². The molecule has 21 heavy (non-hydrogen) atoms. The van der Waals surface area contributed by atoms with Gasteiger partial charge in [0.25, 0.3) is 0 Å². The number of likely N-dealkylation sites (N-methyl/N-ethyl adjacent to an activating group) is 1. The van der Waals surface area contributed by atoms with Crippen LogP contribution >= 0.6 is 0 Å². The van der Waals surface area contributed by atoms with Gasteiger partial charge in [0.2, 0.25) is 0 Å². The summed E-state index contributed by atoms with van der Waals surface area (Å²) in [6.45, 7) is 1.03. The van der Waals surface area contributed by atoms with Crippen LogP contribution in [0.25, 0.3) is 0 Å². The minimum Gasteiger partial charge on any atom is -0.468 e. The van der Waals surface area contributed by atoms with Crippen LogP contribution in [0.3, 0.4) is 0 Å². The molecule has 2 rings (SSSR count). The minimum absolute atomic E-state index is 0.252. The smallest absolute Gasteiger partial charge is 0.175 e. The maximum atomic E-state index is 11.4. The highest BCUT2D eigenvalue weighted by Gasteiger charge is 2.13. The molecular weight excluding hydrogens is 290 g/mol. The van der Waals surface area contributed by atoms with Gasteiger partial charge >= 0.3 is 0 Å². The molecule has 0 bridgehead atoms. The molecule has 1 atom stereocenters. The number of hydrogen-bond donors (Lipinski definition) is 1. The molecule has 0 aliphatic carbocycles. The molecule has 0 radical (unpaired) electrons. The van der Waals surface area contributed by atoms with Crippen LogP contribution in [0.2, 0.25) is 0 Å². The Labute approximate surface area is 124 Å². The number of aliphatic hydroxyl groups excluding tert-OH is 1. The summed E-state index contributed by atoms with van der Waals surface area (Å²) in [5, 5.41) is 10.2. The van der Waals surface area contributed by atoms with Crippen molar-refractivity contribution in [2.75, 3.05) is 19.8 Å². The van der Waals surface area contributed by atoms with Crippen LogP contribution < -0.4 is 0 Å². The molecular formula is C15H19NO4S. The molecule has 1 N–H and O–H groups in total. The first-order valence-corrected chi connectivity index (χ1v) is 8.44. The minimum atomic E-state index is -3.21. The lowest BCUT2D eigenvalue weighted by atomic mass is 10.1. The molecule has 6 heteroatoms. The number of aliphatic hydroxyl groups is 1. The summed E-state index contributed by atoms with van der Waals surface area (Å²) in [6, 6.07) is 10.0. The largest absolute Gasteiger partial charge is 0.468 e. The third-order valence-corrected chi connectivity index (χ3v) is 4.31. The fraction of sp³-hybridized carbons (Fsp3) is 0.333. The van der Waals surface area contributed by atoms with Crippen LogP contribution in [0.4, 0.5) is 0 Å². The summed E-state index contributed by atoms with van der Waals surface area (Å²) >= 11 is 0. The molecule has 0 spiro atoms. The second-order valence-corrected chi connectivity index (χ2v) is 7.15. The molecule has 0 aliphatic rings. The monoisotopic (exact) mass is 309 g/mol. The number of benzene rings is 1. The van der Waals surface area contributed by atoms with Gasteiger partial charge in [-0.25, -0.2) is 8.42 Å². The lowest BCUT2D eigenvalue weighted by molar-refractivity contribution is 0.120. The Bertz CT molecular complexity index is 662. The molecule has 114 valence electrons. The van der Waals surface area contributed by atoms with E-state index in [0.29, 0.717) is 18.7 Å². The summed E-state index contributed by atoms with van der Waals surface area (Å²) in [7, 11) is -1.32. The van der Waals surface area contributed by atoms with Gasteiger partial charge in [-0.1, -0.05) is 12.1 Å². The zero-order valence-electron chi connectivity index (χ0n) is 12.1. The van der Waals surface area contributed by atoms with E-state index in [-0.39, 0.29) is 4.90 Å². The number of nitrogens with zero attached hydrogens (tertiary/aromatic N) is 1. The zero-order chi connectivity index (χ0) is 15.5. The van der Waals surface area contributed by atoms with Crippen molar-refractivity contribution in [3.63, 3.8) is 0 Å². The van der Waals surface area contributed by atoms with Crippen LogP contribution in [0.15, 0.2) is 52.0 Å². The van der Waals surface area contributed by atoms with Gasteiger partial charge in [0.1, 0.15) is 5.76 Å². The molecule has 0 amide bonds. The van der Waals surface area contributed by atoms with Gasteiger partial charge in [0.05, 0.1) is 23.8 Å². The first kappa shape index (κ1) is 15.8. The molecule has 2 aromatic rings. The van der Waals surface area contributed by atoms with Gasteiger partial charge in [-0.15, -0.1) is 0 Å². The second-order valence-electron chi connectivity index (χ2n) is 5.13. The average Bonchev–Trinajstić information content (AvgIpc) is 2.90. The molecule has 0 aliphatic heterocycles. The Morgan fingerprint density at radius 2 is 1.90 bits per heavy atom. The Morgan fingerprint density at radius 3 is 2.43 bits per heavy atom. The molecule has 0 saturated carbocycles. The first-order valence-electron chi connectivity index (χ1n) is 6.55. The maximum Gasteiger partial charge on any atom is 0.175 e. The van der Waals surface area contributed by atoms with Crippen molar-refractivity contribution in [1.82, 2.24) is 4.90 Å². The average molecular weight is 309 g/mol. The Balaban J connectivity index is 1.98. The zero-order valence-corrected chi connectivity index (χ0v) is 12.9. The number of furan rings is 1. The predicted octanol–water partition coefficient (Wildman–Crippen LogP) is 1.85. The topological polar surface area (TPSA) is 70.8 Å². The fourth-order valence-electron chi connectivity index (χ4n) is 2.07. The number of hydrogen-bond acceptors (Lipinski definition) is 5. The van der Waals surface area contributed by atoms with Crippen LogP contribution in [0.1, 0.15) is 17.4 Å². The number of rotatable bonds is 6. The lowest BCUT2D eigenvalue weighted by Crippen LogP contribution is -2.24. The Kier molecular flexibility index (Phi) is 4.82. The Morgan fingerprint density at radius 1 is 1.24 bits per heavy atom. The highest BCUT2D eigenvalue weighted by Crippen LogP contribution is 2.18. The maximum absolute atomic E-state index is 11.4. The highest BCUT2D eigenvalue weighted by molar-refractivity contribution is 7.90. The fourth-order valence-corrected chi connectivity index (χ4v) is 2.70. The van der Waals surface area contributed by atoms with E-state index in [1.165, 1.54) is 12.1 Å². The molecule has 1 aromatic carbocycles. The van der Waals surface area contributed by atoms with Crippen molar-refractivity contribution in [3.8, 4) is 0 Å². The molecule has 0 unspecified atom stereocenters. The molecule has 0 fully saturated rings. The van der Waals surface area contributed by atoms with Crippen molar-refractivity contribution in [2.24, 2.45) is 0 Å².